The van der Waals surface area contributed by atoms with Crippen molar-refractivity contribution < 1.29 is 4.79 Å². The van der Waals surface area contributed by atoms with Gasteiger partial charge in [0.2, 0.25) is 0 Å². The normalized spacial score (nSPS) is 14.7. The minimum Gasteiger partial charge on any atom is -0.377 e. The number of aryl methyl sites for hydroxylation is 1. The first-order chi connectivity index (χ1) is 8.66. The number of nitrogens with zero attached hydrogens (tertiary/aromatic N) is 1. The molecule has 0 N–H and O–H groups in total. The van der Waals surface area contributed by atoms with Crippen LogP contribution < -0.4 is 4.90 Å². The van der Waals surface area contributed by atoms with Crippen molar-refractivity contribution in [1.29, 1.82) is 0 Å². The van der Waals surface area contributed by atoms with E-state index in [0.717, 1.165) is 6.42 Å². The molecule has 0 radical (unpaired) electrons. The van der Waals surface area contributed by atoms with E-state index in [-0.39, 0.29) is 0 Å². The zero-order chi connectivity index (χ0) is 12.7. The quantitative estimate of drug-likeness (QED) is 0.762. The van der Waals surface area contributed by atoms with Gasteiger partial charge in [-0.2, -0.15) is 0 Å². The van der Waals surface area contributed by atoms with Crippen molar-refractivity contribution in [2.75, 3.05) is 19.0 Å². The molecule has 0 heterocycles. The highest BCUT2D eigenvalue weighted by Crippen LogP contribution is 2.34. The van der Waals surface area contributed by atoms with Crippen LogP contribution in [-0.4, -0.2) is 19.9 Å². The highest BCUT2D eigenvalue weighted by Gasteiger charge is 2.19. The summed E-state index contributed by atoms with van der Waals surface area (Å²) in [6.45, 7) is 0. The molecule has 0 saturated carbocycles. The van der Waals surface area contributed by atoms with Gasteiger partial charge in [-0.25, -0.2) is 0 Å². The van der Waals surface area contributed by atoms with Crippen molar-refractivity contribution in [3.8, 4) is 0 Å². The van der Waals surface area contributed by atoms with Gasteiger partial charge in [0.25, 0.3) is 0 Å². The molecule has 2 nitrogen and oxygen atoms in total. The molecule has 2 aromatic carbocycles. The third-order valence-electron chi connectivity index (χ3n) is 3.76. The number of fused-ring (bicyclic) bond motifs is 3. The van der Waals surface area contributed by atoms with Crippen molar-refractivity contribution in [2.24, 2.45) is 0 Å². The SMILES string of the molecule is CN(C)c1cc2c(c3ccccc13)CC(=O)CC2. The van der Waals surface area contributed by atoms with Gasteiger partial charge in [0.05, 0.1) is 0 Å². The molecule has 0 unspecified atom stereocenters. The van der Waals surface area contributed by atoms with Gasteiger partial charge >= 0.3 is 0 Å². The van der Waals surface area contributed by atoms with Crippen LogP contribution in [0.2, 0.25) is 0 Å². The Labute approximate surface area is 107 Å². The molecule has 0 aromatic heterocycles. The number of ketones is 1. The second-order valence-corrected chi connectivity index (χ2v) is 5.19. The van der Waals surface area contributed by atoms with E-state index in [1.807, 2.05) is 0 Å². The Kier molecular flexibility index (Phi) is 2.58. The first-order valence-electron chi connectivity index (χ1n) is 6.39. The Morgan fingerprint density at radius 3 is 2.50 bits per heavy atom. The van der Waals surface area contributed by atoms with Crippen LogP contribution in [0.1, 0.15) is 17.5 Å². The molecule has 0 amide bonds. The molecule has 0 spiro atoms. The summed E-state index contributed by atoms with van der Waals surface area (Å²) in [5, 5.41) is 2.49. The van der Waals surface area contributed by atoms with Crippen LogP contribution in [0.25, 0.3) is 10.8 Å². The van der Waals surface area contributed by atoms with Crippen LogP contribution in [0, 0.1) is 0 Å². The summed E-state index contributed by atoms with van der Waals surface area (Å²) in [6.07, 6.45) is 2.18. The van der Waals surface area contributed by atoms with Gasteiger partial charge in [-0.15, -0.1) is 0 Å². The summed E-state index contributed by atoms with van der Waals surface area (Å²) in [5.41, 5.74) is 3.84. The maximum atomic E-state index is 11.7. The second-order valence-electron chi connectivity index (χ2n) is 5.19. The highest BCUT2D eigenvalue weighted by molar-refractivity contribution is 6.00. The summed E-state index contributed by atoms with van der Waals surface area (Å²) >= 11 is 0. The fourth-order valence-corrected chi connectivity index (χ4v) is 2.83. The Morgan fingerprint density at radius 2 is 1.78 bits per heavy atom. The van der Waals surface area contributed by atoms with E-state index >= 15 is 0 Å². The second kappa shape index (κ2) is 4.13. The summed E-state index contributed by atoms with van der Waals surface area (Å²) in [6, 6.07) is 10.7. The minimum atomic E-state index is 0.366. The van der Waals surface area contributed by atoms with Crippen molar-refractivity contribution >= 4 is 22.2 Å². The zero-order valence-electron chi connectivity index (χ0n) is 10.9. The van der Waals surface area contributed by atoms with E-state index in [2.05, 4.69) is 49.3 Å². The van der Waals surface area contributed by atoms with Gasteiger partial charge in [-0.1, -0.05) is 24.3 Å². The van der Waals surface area contributed by atoms with Gasteiger partial charge in [0, 0.05) is 38.0 Å². The summed E-state index contributed by atoms with van der Waals surface area (Å²) in [4.78, 5) is 13.8. The molecule has 92 valence electrons. The number of Topliss-reactive ketones (excluding diaryl/α,β-unsaturated/α-hetero) is 1. The van der Waals surface area contributed by atoms with Crippen molar-refractivity contribution in [1.82, 2.24) is 0 Å². The Hall–Kier alpha value is -1.83. The zero-order valence-corrected chi connectivity index (χ0v) is 10.9. The maximum Gasteiger partial charge on any atom is 0.137 e. The highest BCUT2D eigenvalue weighted by atomic mass is 16.1. The molecular weight excluding hydrogens is 222 g/mol. The first kappa shape index (κ1) is 11.3. The fraction of sp³-hybridized carbons (Fsp3) is 0.312. The maximum absolute atomic E-state index is 11.7. The average Bonchev–Trinajstić information content (AvgIpc) is 2.37. The lowest BCUT2D eigenvalue weighted by atomic mass is 9.86. The number of hydrogen-bond donors (Lipinski definition) is 0. The summed E-state index contributed by atoms with van der Waals surface area (Å²) in [7, 11) is 4.14. The molecule has 0 atom stereocenters. The number of hydrogen-bond acceptors (Lipinski definition) is 2. The summed E-state index contributed by atoms with van der Waals surface area (Å²) < 4.78 is 0. The minimum absolute atomic E-state index is 0.366. The number of carbonyl (C=O) groups excluding carboxylic acids is 1. The Morgan fingerprint density at radius 1 is 1.06 bits per heavy atom. The van der Waals surface area contributed by atoms with Crippen LogP contribution in [-0.2, 0) is 17.6 Å². The van der Waals surface area contributed by atoms with Crippen molar-refractivity contribution in [3.05, 3.63) is 41.5 Å². The standard InChI is InChI=1S/C16H17NO/c1-17(2)16-9-11-7-8-12(18)10-15(11)13-5-3-4-6-14(13)16/h3-6,9H,7-8,10H2,1-2H3. The van der Waals surface area contributed by atoms with Gasteiger partial charge in [0.1, 0.15) is 5.78 Å². The molecule has 2 aromatic rings. The monoisotopic (exact) mass is 239 g/mol. The fourth-order valence-electron chi connectivity index (χ4n) is 2.83. The smallest absolute Gasteiger partial charge is 0.137 e. The lowest BCUT2D eigenvalue weighted by Crippen LogP contribution is -2.16. The Bertz CT molecular complexity index is 628. The predicted octanol–water partition coefficient (Wildman–Crippen LogP) is 2.96. The molecule has 2 heteroatoms. The van der Waals surface area contributed by atoms with E-state index in [0.29, 0.717) is 18.6 Å². The van der Waals surface area contributed by atoms with Gasteiger partial charge < -0.3 is 4.90 Å². The van der Waals surface area contributed by atoms with Crippen LogP contribution in [0.15, 0.2) is 30.3 Å². The van der Waals surface area contributed by atoms with Crippen molar-refractivity contribution in [2.45, 2.75) is 19.3 Å². The number of rotatable bonds is 1. The molecule has 3 rings (SSSR count). The van der Waals surface area contributed by atoms with Crippen LogP contribution >= 0.6 is 0 Å². The molecule has 1 aliphatic carbocycles. The van der Waals surface area contributed by atoms with Crippen LogP contribution in [0.3, 0.4) is 0 Å². The van der Waals surface area contributed by atoms with E-state index < -0.39 is 0 Å². The number of carbonyl (C=O) groups is 1. The third kappa shape index (κ3) is 1.69. The largest absolute Gasteiger partial charge is 0.377 e. The molecule has 0 fully saturated rings. The molecule has 0 bridgehead atoms. The number of benzene rings is 2. The van der Waals surface area contributed by atoms with Crippen LogP contribution in [0.4, 0.5) is 5.69 Å². The number of anilines is 1. The van der Waals surface area contributed by atoms with Gasteiger partial charge in [-0.05, 0) is 29.0 Å². The Balaban J connectivity index is 2.34. The van der Waals surface area contributed by atoms with Gasteiger partial charge in [-0.3, -0.25) is 4.79 Å². The van der Waals surface area contributed by atoms with Crippen LogP contribution in [0.5, 0.6) is 0 Å². The first-order valence-corrected chi connectivity index (χ1v) is 6.39. The third-order valence-corrected chi connectivity index (χ3v) is 3.76. The molecule has 0 saturated heterocycles. The van der Waals surface area contributed by atoms with E-state index in [1.54, 1.807) is 0 Å². The van der Waals surface area contributed by atoms with E-state index in [1.165, 1.54) is 27.6 Å². The summed E-state index contributed by atoms with van der Waals surface area (Å²) in [5.74, 6) is 0.366. The lowest BCUT2D eigenvalue weighted by Gasteiger charge is -2.23. The van der Waals surface area contributed by atoms with E-state index in [4.69, 9.17) is 0 Å². The molecule has 18 heavy (non-hydrogen) atoms. The topological polar surface area (TPSA) is 20.3 Å². The van der Waals surface area contributed by atoms with Crippen molar-refractivity contribution in [3.63, 3.8) is 0 Å². The predicted molar refractivity (Wildman–Crippen MR) is 75.3 cm³/mol. The van der Waals surface area contributed by atoms with E-state index in [9.17, 15) is 4.79 Å². The van der Waals surface area contributed by atoms with Gasteiger partial charge in [0.15, 0.2) is 0 Å². The average molecular weight is 239 g/mol. The molecular formula is C16H17NO. The lowest BCUT2D eigenvalue weighted by molar-refractivity contribution is -0.118. The molecule has 0 aliphatic heterocycles. The molecule has 1 aliphatic rings.